The maximum Gasteiger partial charge on any atom is 0.122 e. The number of hydrogen-bond donors (Lipinski definition) is 1. The van der Waals surface area contributed by atoms with E-state index in [-0.39, 0.29) is 6.10 Å². The third kappa shape index (κ3) is 2.32. The first kappa shape index (κ1) is 10.1. The molecule has 0 bridgehead atoms. The summed E-state index contributed by atoms with van der Waals surface area (Å²) in [6.07, 6.45) is 6.69. The molecule has 78 valence electrons. The minimum Gasteiger partial charge on any atom is -0.371 e. The van der Waals surface area contributed by atoms with Gasteiger partial charge in [0.05, 0.1) is 0 Å². The highest BCUT2D eigenvalue weighted by Gasteiger charge is 2.18. The summed E-state index contributed by atoms with van der Waals surface area (Å²) in [6, 6.07) is 0. The van der Waals surface area contributed by atoms with E-state index in [1.165, 1.54) is 17.7 Å². The summed E-state index contributed by atoms with van der Waals surface area (Å²) in [5, 5.41) is 1.13. The molecule has 2 N–H and O–H groups in total. The van der Waals surface area contributed by atoms with Gasteiger partial charge in [0.1, 0.15) is 11.1 Å². The van der Waals surface area contributed by atoms with Gasteiger partial charge in [0.25, 0.3) is 0 Å². The van der Waals surface area contributed by atoms with Crippen LogP contribution in [0.3, 0.4) is 0 Å². The second-order valence-electron chi connectivity index (χ2n) is 3.56. The smallest absolute Gasteiger partial charge is 0.122 e. The van der Waals surface area contributed by atoms with Crippen molar-refractivity contribution in [1.82, 2.24) is 4.98 Å². The van der Waals surface area contributed by atoms with Crippen molar-refractivity contribution < 1.29 is 4.74 Å². The molecule has 0 aliphatic carbocycles. The fraction of sp³-hybridized carbons (Fsp3) is 0.700. The second kappa shape index (κ2) is 4.87. The van der Waals surface area contributed by atoms with Gasteiger partial charge in [-0.15, -0.1) is 11.3 Å². The van der Waals surface area contributed by atoms with Crippen LogP contribution < -0.4 is 5.73 Å². The van der Waals surface area contributed by atoms with Crippen LogP contribution in [-0.4, -0.2) is 18.1 Å². The molecular formula is C10H16N2OS. The normalized spacial score (nSPS) is 22.5. The molecule has 0 amide bonds. The fourth-order valence-electron chi connectivity index (χ4n) is 1.66. The highest BCUT2D eigenvalue weighted by atomic mass is 32.1. The van der Waals surface area contributed by atoms with Crippen molar-refractivity contribution in [3.63, 3.8) is 0 Å². The average molecular weight is 212 g/mol. The van der Waals surface area contributed by atoms with E-state index < -0.39 is 0 Å². The molecule has 1 aromatic rings. The van der Waals surface area contributed by atoms with Gasteiger partial charge in [-0.1, -0.05) is 0 Å². The molecule has 1 fully saturated rings. The molecule has 1 atom stereocenters. The minimum absolute atomic E-state index is 0.250. The maximum atomic E-state index is 5.67. The first-order valence-corrected chi connectivity index (χ1v) is 5.98. The van der Waals surface area contributed by atoms with Crippen LogP contribution in [0.5, 0.6) is 0 Å². The number of ether oxygens (including phenoxy) is 1. The Balaban J connectivity index is 2.00. The van der Waals surface area contributed by atoms with E-state index in [4.69, 9.17) is 10.5 Å². The van der Waals surface area contributed by atoms with Gasteiger partial charge in [-0.25, -0.2) is 4.98 Å². The van der Waals surface area contributed by atoms with Crippen LogP contribution in [0.25, 0.3) is 0 Å². The molecule has 14 heavy (non-hydrogen) atoms. The van der Waals surface area contributed by atoms with E-state index >= 15 is 0 Å². The molecule has 1 aliphatic rings. The van der Waals surface area contributed by atoms with E-state index in [0.29, 0.717) is 6.54 Å². The van der Waals surface area contributed by atoms with Crippen LogP contribution in [0.1, 0.15) is 35.3 Å². The molecule has 1 unspecified atom stereocenters. The third-order valence-electron chi connectivity index (χ3n) is 2.42. The third-order valence-corrected chi connectivity index (χ3v) is 3.57. The molecule has 0 spiro atoms. The number of nitrogens with two attached hydrogens (primary N) is 1. The lowest BCUT2D eigenvalue weighted by molar-refractivity contribution is 0.0148. The Hall–Kier alpha value is -0.450. The maximum absolute atomic E-state index is 5.67. The number of rotatable bonds is 3. The summed E-state index contributed by atoms with van der Waals surface area (Å²) in [4.78, 5) is 5.67. The monoisotopic (exact) mass is 212 g/mol. The molecular weight excluding hydrogens is 196 g/mol. The SMILES string of the molecule is NCCc1cnc(C2CCCCO2)s1. The van der Waals surface area contributed by atoms with E-state index in [1.54, 1.807) is 11.3 Å². The zero-order valence-corrected chi connectivity index (χ0v) is 9.05. The molecule has 3 nitrogen and oxygen atoms in total. The molecule has 2 rings (SSSR count). The van der Waals surface area contributed by atoms with Crippen molar-refractivity contribution in [1.29, 1.82) is 0 Å². The first-order chi connectivity index (χ1) is 6.90. The van der Waals surface area contributed by atoms with Gasteiger partial charge >= 0.3 is 0 Å². The Morgan fingerprint density at radius 2 is 2.50 bits per heavy atom. The number of nitrogens with zero attached hydrogens (tertiary/aromatic N) is 1. The fourth-order valence-corrected chi connectivity index (χ4v) is 2.68. The van der Waals surface area contributed by atoms with Crippen LogP contribution in [0.2, 0.25) is 0 Å². The van der Waals surface area contributed by atoms with Gasteiger partial charge in [0.2, 0.25) is 0 Å². The second-order valence-corrected chi connectivity index (χ2v) is 4.71. The van der Waals surface area contributed by atoms with Crippen molar-refractivity contribution in [2.24, 2.45) is 5.73 Å². The Morgan fingerprint density at radius 1 is 1.57 bits per heavy atom. The van der Waals surface area contributed by atoms with Crippen molar-refractivity contribution in [3.8, 4) is 0 Å². The van der Waals surface area contributed by atoms with Gasteiger partial charge < -0.3 is 10.5 Å². The molecule has 1 aromatic heterocycles. The highest BCUT2D eigenvalue weighted by Crippen LogP contribution is 2.30. The number of thiazole rings is 1. The van der Waals surface area contributed by atoms with E-state index in [2.05, 4.69) is 4.98 Å². The minimum atomic E-state index is 0.250. The van der Waals surface area contributed by atoms with Crippen LogP contribution in [-0.2, 0) is 11.2 Å². The Bertz CT molecular complexity index is 281. The molecule has 2 heterocycles. The van der Waals surface area contributed by atoms with Gasteiger partial charge in [0, 0.05) is 17.7 Å². The molecule has 1 aliphatic heterocycles. The van der Waals surface area contributed by atoms with Crippen LogP contribution in [0.4, 0.5) is 0 Å². The molecule has 1 saturated heterocycles. The van der Waals surface area contributed by atoms with E-state index in [1.807, 2.05) is 6.20 Å². The largest absolute Gasteiger partial charge is 0.371 e. The predicted octanol–water partition coefficient (Wildman–Crippen LogP) is 1.89. The van der Waals surface area contributed by atoms with Crippen molar-refractivity contribution in [2.75, 3.05) is 13.2 Å². The lowest BCUT2D eigenvalue weighted by atomic mass is 10.1. The van der Waals surface area contributed by atoms with E-state index in [9.17, 15) is 0 Å². The van der Waals surface area contributed by atoms with Gasteiger partial charge in [-0.2, -0.15) is 0 Å². The lowest BCUT2D eigenvalue weighted by Gasteiger charge is -2.20. The summed E-state index contributed by atoms with van der Waals surface area (Å²) < 4.78 is 5.67. The topological polar surface area (TPSA) is 48.1 Å². The highest BCUT2D eigenvalue weighted by molar-refractivity contribution is 7.11. The molecule has 0 aromatic carbocycles. The van der Waals surface area contributed by atoms with Gasteiger partial charge in [-0.05, 0) is 32.2 Å². The Labute approximate surface area is 88.3 Å². The van der Waals surface area contributed by atoms with Gasteiger partial charge in [-0.3, -0.25) is 0 Å². The summed E-state index contributed by atoms with van der Waals surface area (Å²) in [7, 11) is 0. The predicted molar refractivity (Wildman–Crippen MR) is 57.4 cm³/mol. The van der Waals surface area contributed by atoms with Crippen LogP contribution in [0, 0.1) is 0 Å². The van der Waals surface area contributed by atoms with E-state index in [0.717, 1.165) is 24.5 Å². The quantitative estimate of drug-likeness (QED) is 0.832. The summed E-state index contributed by atoms with van der Waals surface area (Å²) >= 11 is 1.75. The lowest BCUT2D eigenvalue weighted by Crippen LogP contribution is -2.10. The Kier molecular flexibility index (Phi) is 3.50. The standard InChI is InChI=1S/C10H16N2OS/c11-5-4-8-7-12-10(14-8)9-3-1-2-6-13-9/h7,9H,1-6,11H2. The number of aromatic nitrogens is 1. The Morgan fingerprint density at radius 3 is 3.21 bits per heavy atom. The zero-order chi connectivity index (χ0) is 9.80. The summed E-state index contributed by atoms with van der Waals surface area (Å²) in [5.41, 5.74) is 5.50. The first-order valence-electron chi connectivity index (χ1n) is 5.16. The van der Waals surface area contributed by atoms with Crippen molar-refractivity contribution in [2.45, 2.75) is 31.8 Å². The molecule has 0 radical (unpaired) electrons. The summed E-state index contributed by atoms with van der Waals surface area (Å²) in [5.74, 6) is 0. The zero-order valence-electron chi connectivity index (χ0n) is 8.24. The summed E-state index contributed by atoms with van der Waals surface area (Å²) in [6.45, 7) is 1.59. The molecule has 4 heteroatoms. The average Bonchev–Trinajstić information content (AvgIpc) is 2.68. The molecule has 0 saturated carbocycles. The number of hydrogen-bond acceptors (Lipinski definition) is 4. The van der Waals surface area contributed by atoms with Crippen LogP contribution >= 0.6 is 11.3 Å². The van der Waals surface area contributed by atoms with Gasteiger partial charge in [0.15, 0.2) is 0 Å². The van der Waals surface area contributed by atoms with Crippen molar-refractivity contribution >= 4 is 11.3 Å². The van der Waals surface area contributed by atoms with Crippen LogP contribution in [0.15, 0.2) is 6.20 Å². The van der Waals surface area contributed by atoms with Crippen molar-refractivity contribution in [3.05, 3.63) is 16.1 Å².